The van der Waals surface area contributed by atoms with Crippen molar-refractivity contribution in [1.29, 1.82) is 0 Å². The molecule has 1 aliphatic carbocycles. The molecule has 1 saturated heterocycles. The van der Waals surface area contributed by atoms with Crippen molar-refractivity contribution in [3.05, 3.63) is 42.0 Å². The number of aromatic nitrogens is 3. The second kappa shape index (κ2) is 8.09. The lowest BCUT2D eigenvalue weighted by Gasteiger charge is -2.38. The fourth-order valence-electron chi connectivity index (χ4n) is 4.50. The van der Waals surface area contributed by atoms with Gasteiger partial charge in [0.25, 0.3) is 0 Å². The van der Waals surface area contributed by atoms with Crippen LogP contribution in [0.5, 0.6) is 0 Å². The van der Waals surface area contributed by atoms with Crippen LogP contribution >= 0.6 is 0 Å². The summed E-state index contributed by atoms with van der Waals surface area (Å²) in [5.74, 6) is 2.15. The first-order valence-electron chi connectivity index (χ1n) is 10.2. The number of hydrogen-bond donors (Lipinski definition) is 2. The molecular weight excluding hydrogens is 338 g/mol. The van der Waals surface area contributed by atoms with Crippen LogP contribution in [0.2, 0.25) is 0 Å². The van der Waals surface area contributed by atoms with Gasteiger partial charge in [0.05, 0.1) is 11.8 Å². The molecule has 2 heterocycles. The molecule has 1 aliphatic heterocycles. The first kappa shape index (κ1) is 18.6. The molecule has 4 rings (SSSR count). The van der Waals surface area contributed by atoms with Crippen LogP contribution in [-0.4, -0.2) is 63.1 Å². The topological polar surface area (TPSA) is 66.2 Å². The monoisotopic (exact) mass is 369 g/mol. The van der Waals surface area contributed by atoms with Gasteiger partial charge in [-0.25, -0.2) is 9.67 Å². The van der Waals surface area contributed by atoms with Gasteiger partial charge in [0.1, 0.15) is 11.6 Å². The van der Waals surface area contributed by atoms with Gasteiger partial charge >= 0.3 is 0 Å². The predicted molar refractivity (Wildman–Crippen MR) is 106 cm³/mol. The summed E-state index contributed by atoms with van der Waals surface area (Å²) in [7, 11) is 2.18. The van der Waals surface area contributed by atoms with Gasteiger partial charge in [0.2, 0.25) is 0 Å². The molecular formula is C21H31N5O. The van der Waals surface area contributed by atoms with E-state index in [-0.39, 0.29) is 12.1 Å². The van der Waals surface area contributed by atoms with Gasteiger partial charge in [-0.15, -0.1) is 0 Å². The minimum absolute atomic E-state index is 0.137. The van der Waals surface area contributed by atoms with Crippen LogP contribution < -0.4 is 5.32 Å². The van der Waals surface area contributed by atoms with Crippen molar-refractivity contribution in [2.75, 3.05) is 20.1 Å². The Morgan fingerprint density at radius 3 is 2.56 bits per heavy atom. The summed E-state index contributed by atoms with van der Waals surface area (Å²) in [5.41, 5.74) is 1.05. The Hall–Kier alpha value is -1.76. The first-order chi connectivity index (χ1) is 13.1. The smallest absolute Gasteiger partial charge is 0.148 e. The Labute approximate surface area is 161 Å². The van der Waals surface area contributed by atoms with Crippen molar-refractivity contribution in [1.82, 2.24) is 25.0 Å². The average molecular weight is 370 g/mol. The number of aliphatic hydroxyl groups excluding tert-OH is 1. The summed E-state index contributed by atoms with van der Waals surface area (Å²) >= 11 is 0. The summed E-state index contributed by atoms with van der Waals surface area (Å²) in [6.45, 7) is 4.21. The van der Waals surface area contributed by atoms with Gasteiger partial charge in [-0.3, -0.25) is 0 Å². The minimum atomic E-state index is -0.268. The lowest BCUT2D eigenvalue weighted by molar-refractivity contribution is 0.0696. The number of benzene rings is 1. The average Bonchev–Trinajstić information content (AvgIpc) is 3.08. The van der Waals surface area contributed by atoms with Crippen molar-refractivity contribution in [3.63, 3.8) is 0 Å². The van der Waals surface area contributed by atoms with Gasteiger partial charge in [-0.05, 0) is 71.3 Å². The third-order valence-electron chi connectivity index (χ3n) is 6.09. The van der Waals surface area contributed by atoms with Crippen molar-refractivity contribution in [2.24, 2.45) is 0 Å². The molecule has 2 N–H and O–H groups in total. The molecule has 0 radical (unpaired) electrons. The van der Waals surface area contributed by atoms with E-state index in [1.54, 1.807) is 0 Å². The summed E-state index contributed by atoms with van der Waals surface area (Å²) in [5, 5.41) is 19.0. The van der Waals surface area contributed by atoms with Crippen LogP contribution in [0.3, 0.4) is 0 Å². The van der Waals surface area contributed by atoms with Crippen LogP contribution in [0.1, 0.15) is 49.7 Å². The number of rotatable bonds is 4. The van der Waals surface area contributed by atoms with Crippen molar-refractivity contribution >= 4 is 0 Å². The van der Waals surface area contributed by atoms with Crippen LogP contribution in [0.4, 0.5) is 0 Å². The number of nitrogens with one attached hydrogen (secondary N) is 1. The number of hydrogen-bond acceptors (Lipinski definition) is 5. The van der Waals surface area contributed by atoms with Gasteiger partial charge < -0.3 is 15.3 Å². The van der Waals surface area contributed by atoms with E-state index >= 15 is 0 Å². The molecule has 1 aromatic heterocycles. The third kappa shape index (κ3) is 4.23. The molecule has 3 atom stereocenters. The molecule has 2 aliphatic rings. The number of aryl methyl sites for hydroxylation is 1. The van der Waals surface area contributed by atoms with E-state index in [0.717, 1.165) is 62.5 Å². The molecule has 27 heavy (non-hydrogen) atoms. The van der Waals surface area contributed by atoms with Crippen molar-refractivity contribution < 1.29 is 5.11 Å². The van der Waals surface area contributed by atoms with Crippen molar-refractivity contribution in [3.8, 4) is 5.69 Å². The van der Waals surface area contributed by atoms with Gasteiger partial charge in [-0.2, -0.15) is 5.10 Å². The van der Waals surface area contributed by atoms with E-state index in [1.165, 1.54) is 0 Å². The van der Waals surface area contributed by atoms with E-state index in [9.17, 15) is 5.11 Å². The number of aliphatic hydroxyl groups is 1. The molecule has 1 saturated carbocycles. The molecule has 0 spiro atoms. The highest BCUT2D eigenvalue weighted by Gasteiger charge is 2.34. The third-order valence-corrected chi connectivity index (χ3v) is 6.09. The van der Waals surface area contributed by atoms with Crippen LogP contribution in [-0.2, 0) is 0 Å². The zero-order chi connectivity index (χ0) is 18.8. The Balaban J connectivity index is 1.50. The Morgan fingerprint density at radius 2 is 1.81 bits per heavy atom. The molecule has 0 unspecified atom stereocenters. The zero-order valence-electron chi connectivity index (χ0n) is 16.4. The van der Waals surface area contributed by atoms with E-state index in [2.05, 4.69) is 34.5 Å². The molecule has 1 aromatic carbocycles. The quantitative estimate of drug-likeness (QED) is 0.865. The highest BCUT2D eigenvalue weighted by Crippen LogP contribution is 2.34. The van der Waals surface area contributed by atoms with E-state index in [0.29, 0.717) is 12.0 Å². The van der Waals surface area contributed by atoms with Gasteiger partial charge in [-0.1, -0.05) is 18.2 Å². The second-order valence-electron chi connectivity index (χ2n) is 8.19. The van der Waals surface area contributed by atoms with Gasteiger partial charge in [0.15, 0.2) is 0 Å². The molecule has 2 aromatic rings. The Morgan fingerprint density at radius 1 is 1.07 bits per heavy atom. The molecule has 146 valence electrons. The van der Waals surface area contributed by atoms with E-state index in [1.807, 2.05) is 29.8 Å². The highest BCUT2D eigenvalue weighted by molar-refractivity contribution is 5.32. The number of piperidine rings is 1. The maximum atomic E-state index is 10.6. The summed E-state index contributed by atoms with van der Waals surface area (Å²) in [6.07, 6.45) is 4.73. The molecule has 6 nitrogen and oxygen atoms in total. The summed E-state index contributed by atoms with van der Waals surface area (Å²) in [4.78, 5) is 7.14. The summed E-state index contributed by atoms with van der Waals surface area (Å²) in [6, 6.07) is 10.9. The molecule has 0 amide bonds. The van der Waals surface area contributed by atoms with Gasteiger partial charge in [0, 0.05) is 18.0 Å². The highest BCUT2D eigenvalue weighted by atomic mass is 16.3. The Bertz CT molecular complexity index is 738. The van der Waals surface area contributed by atoms with Crippen LogP contribution in [0.25, 0.3) is 5.69 Å². The number of nitrogens with zero attached hydrogens (tertiary/aromatic N) is 4. The minimum Gasteiger partial charge on any atom is -0.392 e. The number of likely N-dealkylation sites (tertiary alicyclic amines) is 1. The maximum Gasteiger partial charge on any atom is 0.148 e. The maximum absolute atomic E-state index is 10.6. The van der Waals surface area contributed by atoms with Crippen LogP contribution in [0, 0.1) is 6.92 Å². The molecule has 0 bridgehead atoms. The fraction of sp³-hybridized carbons (Fsp3) is 0.619. The van der Waals surface area contributed by atoms with E-state index < -0.39 is 0 Å². The SMILES string of the molecule is Cc1nc([C@H]2CC[C@@H](O)[C@H](NC3CCN(C)CC3)C2)n(-c2ccccc2)n1. The Kier molecular flexibility index (Phi) is 5.57. The lowest BCUT2D eigenvalue weighted by atomic mass is 9.82. The molecule has 2 fully saturated rings. The van der Waals surface area contributed by atoms with Crippen molar-refractivity contribution in [2.45, 2.75) is 63.1 Å². The van der Waals surface area contributed by atoms with Crippen LogP contribution in [0.15, 0.2) is 30.3 Å². The fourth-order valence-corrected chi connectivity index (χ4v) is 4.50. The standard InChI is InChI=1S/C21H31N5O/c1-15-22-21(26(24-15)18-6-4-3-5-7-18)16-8-9-20(27)19(14-16)23-17-10-12-25(2)13-11-17/h3-7,16-17,19-20,23,27H,8-14H2,1-2H3/t16-,19+,20+/m0/s1. The summed E-state index contributed by atoms with van der Waals surface area (Å²) < 4.78 is 1.99. The normalized spacial score (nSPS) is 27.7. The molecule has 6 heteroatoms. The lowest BCUT2D eigenvalue weighted by Crippen LogP contribution is -2.51. The first-order valence-corrected chi connectivity index (χ1v) is 10.2. The predicted octanol–water partition coefficient (Wildman–Crippen LogP) is 2.26. The van der Waals surface area contributed by atoms with E-state index in [4.69, 9.17) is 4.98 Å². The number of para-hydroxylation sites is 1. The second-order valence-corrected chi connectivity index (χ2v) is 8.19. The largest absolute Gasteiger partial charge is 0.392 e. The zero-order valence-corrected chi connectivity index (χ0v) is 16.4.